The molecule has 0 amide bonds. The van der Waals surface area contributed by atoms with E-state index >= 15 is 0 Å². The van der Waals surface area contributed by atoms with Crippen molar-refractivity contribution in [2.45, 2.75) is 32.4 Å². The Morgan fingerprint density at radius 1 is 1.25 bits per heavy atom. The minimum Gasteiger partial charge on any atom is -0.507 e. The van der Waals surface area contributed by atoms with E-state index in [4.69, 9.17) is 0 Å². The lowest BCUT2D eigenvalue weighted by Crippen LogP contribution is -2.37. The Kier molecular flexibility index (Phi) is 6.38. The quantitative estimate of drug-likeness (QED) is 0.651. The highest BCUT2D eigenvalue weighted by Gasteiger charge is 2.25. The maximum Gasteiger partial charge on any atom is 0.245 e. The first-order valence-electron chi connectivity index (χ1n) is 8.91. The van der Waals surface area contributed by atoms with Gasteiger partial charge >= 0.3 is 0 Å². The van der Waals surface area contributed by atoms with Gasteiger partial charge < -0.3 is 15.3 Å². The Morgan fingerprint density at radius 3 is 2.75 bits per heavy atom. The Morgan fingerprint density at radius 2 is 2.11 bits per heavy atom. The van der Waals surface area contributed by atoms with Crippen LogP contribution in [0.4, 0.5) is 5.95 Å². The maximum atomic E-state index is 10.4. The summed E-state index contributed by atoms with van der Waals surface area (Å²) in [6.45, 7) is 6.09. The molecule has 1 atom stereocenters. The third kappa shape index (κ3) is 4.37. The molecule has 3 aromatic rings. The van der Waals surface area contributed by atoms with Gasteiger partial charge in [-0.2, -0.15) is 4.37 Å². The average Bonchev–Trinajstić information content (AvgIpc) is 3.33. The van der Waals surface area contributed by atoms with Crippen LogP contribution in [0.15, 0.2) is 30.7 Å². The van der Waals surface area contributed by atoms with Gasteiger partial charge in [-0.25, -0.2) is 9.97 Å². The van der Waals surface area contributed by atoms with Crippen molar-refractivity contribution in [1.29, 1.82) is 0 Å². The second-order valence-electron chi connectivity index (χ2n) is 6.87. The molecule has 0 unspecified atom stereocenters. The number of halogens is 1. The number of phenols is 1. The zero-order valence-electron chi connectivity index (χ0n) is 15.6. The Bertz CT molecular complexity index is 905. The highest BCUT2D eigenvalue weighted by atomic mass is 35.5. The zero-order valence-corrected chi connectivity index (χ0v) is 17.2. The first kappa shape index (κ1) is 20.4. The number of anilines is 1. The molecule has 0 spiro atoms. The molecule has 1 aliphatic rings. The van der Waals surface area contributed by atoms with Crippen LogP contribution in [-0.2, 0) is 0 Å². The van der Waals surface area contributed by atoms with Crippen molar-refractivity contribution in [3.05, 3.63) is 30.7 Å². The molecule has 4 rings (SSSR count). The SMILES string of the molecule is CC(C)N[C@H]1CCN(c2ncc(-c3ccc(-c4ncns4)cc3O)nn2)C1.Cl. The second kappa shape index (κ2) is 8.76. The van der Waals surface area contributed by atoms with Gasteiger partial charge in [0.25, 0.3) is 0 Å². The van der Waals surface area contributed by atoms with Gasteiger partial charge in [-0.1, -0.05) is 19.9 Å². The van der Waals surface area contributed by atoms with Gasteiger partial charge in [-0.3, -0.25) is 0 Å². The van der Waals surface area contributed by atoms with E-state index in [1.54, 1.807) is 18.3 Å². The van der Waals surface area contributed by atoms with Gasteiger partial charge in [0, 0.05) is 36.3 Å². The summed E-state index contributed by atoms with van der Waals surface area (Å²) in [5.74, 6) is 0.741. The monoisotopic (exact) mass is 419 g/mol. The van der Waals surface area contributed by atoms with E-state index in [0.29, 0.717) is 29.3 Å². The molecule has 0 radical (unpaired) electrons. The van der Waals surface area contributed by atoms with E-state index in [-0.39, 0.29) is 18.2 Å². The number of aromatic hydroxyl groups is 1. The lowest BCUT2D eigenvalue weighted by molar-refractivity contribution is 0.477. The first-order valence-corrected chi connectivity index (χ1v) is 9.68. The molecule has 1 aromatic carbocycles. The molecule has 10 heteroatoms. The van der Waals surface area contributed by atoms with Crippen molar-refractivity contribution in [2.75, 3.05) is 18.0 Å². The number of nitrogens with zero attached hydrogens (tertiary/aromatic N) is 6. The third-order valence-corrected chi connectivity index (χ3v) is 5.19. The molecule has 0 saturated carbocycles. The summed E-state index contributed by atoms with van der Waals surface area (Å²) in [5.41, 5.74) is 1.95. The van der Waals surface area contributed by atoms with E-state index in [0.717, 1.165) is 30.1 Å². The number of rotatable bonds is 5. The maximum absolute atomic E-state index is 10.4. The van der Waals surface area contributed by atoms with Crippen molar-refractivity contribution in [2.24, 2.45) is 0 Å². The fourth-order valence-electron chi connectivity index (χ4n) is 3.27. The standard InChI is InChI=1S/C18H21N7OS.ClH/c1-11(2)22-13-5-6-25(9-13)18-19-8-15(23-24-18)14-4-3-12(7-16(14)26)17-20-10-21-27-17;/h3-4,7-8,10-11,13,22,26H,5-6,9H2,1-2H3;1H/t13-;/m0./s1. The Balaban J connectivity index is 0.00000225. The number of hydrogen-bond donors (Lipinski definition) is 2. The topological polar surface area (TPSA) is 100.0 Å². The summed E-state index contributed by atoms with van der Waals surface area (Å²) in [6, 6.07) is 6.25. The molecule has 1 fully saturated rings. The lowest BCUT2D eigenvalue weighted by atomic mass is 10.1. The van der Waals surface area contributed by atoms with Crippen molar-refractivity contribution >= 4 is 29.9 Å². The van der Waals surface area contributed by atoms with Crippen LogP contribution in [0.25, 0.3) is 21.8 Å². The zero-order chi connectivity index (χ0) is 18.8. The van der Waals surface area contributed by atoms with Crippen LogP contribution in [-0.4, -0.2) is 54.8 Å². The van der Waals surface area contributed by atoms with Crippen LogP contribution in [0.5, 0.6) is 5.75 Å². The van der Waals surface area contributed by atoms with Gasteiger partial charge in [0.1, 0.15) is 22.8 Å². The molecule has 148 valence electrons. The minimum absolute atomic E-state index is 0. The summed E-state index contributed by atoms with van der Waals surface area (Å²) in [6.07, 6.45) is 4.22. The molecule has 8 nitrogen and oxygen atoms in total. The summed E-state index contributed by atoms with van der Waals surface area (Å²) in [5, 5.41) is 23.2. The summed E-state index contributed by atoms with van der Waals surface area (Å²) in [7, 11) is 0. The van der Waals surface area contributed by atoms with Gasteiger partial charge in [-0.15, -0.1) is 22.6 Å². The summed E-state index contributed by atoms with van der Waals surface area (Å²) in [4.78, 5) is 10.7. The molecule has 0 bridgehead atoms. The van der Waals surface area contributed by atoms with E-state index in [1.165, 1.54) is 17.9 Å². The van der Waals surface area contributed by atoms with E-state index in [9.17, 15) is 5.11 Å². The molecule has 28 heavy (non-hydrogen) atoms. The van der Waals surface area contributed by atoms with Gasteiger partial charge in [-0.05, 0) is 30.1 Å². The fourth-order valence-corrected chi connectivity index (χ4v) is 3.79. The van der Waals surface area contributed by atoms with Gasteiger partial charge in [0.05, 0.1) is 6.20 Å². The second-order valence-corrected chi connectivity index (χ2v) is 7.65. The highest BCUT2D eigenvalue weighted by Crippen LogP contribution is 2.32. The lowest BCUT2D eigenvalue weighted by Gasteiger charge is -2.18. The molecule has 2 aromatic heterocycles. The third-order valence-electron chi connectivity index (χ3n) is 4.47. The number of hydrogen-bond acceptors (Lipinski definition) is 9. The number of phenolic OH excluding ortho intramolecular Hbond substituents is 1. The highest BCUT2D eigenvalue weighted by molar-refractivity contribution is 7.09. The van der Waals surface area contributed by atoms with Crippen molar-refractivity contribution in [3.63, 3.8) is 0 Å². The van der Waals surface area contributed by atoms with E-state index < -0.39 is 0 Å². The largest absolute Gasteiger partial charge is 0.507 e. The van der Waals surface area contributed by atoms with Crippen LogP contribution in [0, 0.1) is 0 Å². The number of benzene rings is 1. The van der Waals surface area contributed by atoms with Crippen LogP contribution in [0.2, 0.25) is 0 Å². The number of aromatic nitrogens is 5. The van der Waals surface area contributed by atoms with Crippen molar-refractivity contribution in [3.8, 4) is 27.6 Å². The fraction of sp³-hybridized carbons (Fsp3) is 0.389. The van der Waals surface area contributed by atoms with Crippen LogP contribution in [0.1, 0.15) is 20.3 Å². The van der Waals surface area contributed by atoms with Crippen LogP contribution >= 0.6 is 23.9 Å². The van der Waals surface area contributed by atoms with Crippen molar-refractivity contribution in [1.82, 2.24) is 29.9 Å². The average molecular weight is 420 g/mol. The van der Waals surface area contributed by atoms with Crippen LogP contribution in [0.3, 0.4) is 0 Å². The minimum atomic E-state index is 0. The van der Waals surface area contributed by atoms with Gasteiger partial charge in [0.2, 0.25) is 5.95 Å². The molecular weight excluding hydrogens is 398 g/mol. The van der Waals surface area contributed by atoms with E-state index in [1.807, 2.05) is 6.07 Å². The summed E-state index contributed by atoms with van der Waals surface area (Å²) >= 11 is 1.28. The molecule has 3 heterocycles. The number of nitrogens with one attached hydrogen (secondary N) is 1. The smallest absolute Gasteiger partial charge is 0.245 e. The summed E-state index contributed by atoms with van der Waals surface area (Å²) < 4.78 is 3.98. The molecular formula is C18H22ClN7OS. The van der Waals surface area contributed by atoms with E-state index in [2.05, 4.69) is 48.6 Å². The normalized spacial score (nSPS) is 16.4. The van der Waals surface area contributed by atoms with Gasteiger partial charge in [0.15, 0.2) is 0 Å². The van der Waals surface area contributed by atoms with Crippen molar-refractivity contribution < 1.29 is 5.11 Å². The molecule has 1 aliphatic heterocycles. The Hall–Kier alpha value is -2.36. The first-order chi connectivity index (χ1) is 13.1. The van der Waals surface area contributed by atoms with Crippen LogP contribution < -0.4 is 10.2 Å². The molecule has 2 N–H and O–H groups in total. The Labute approximate surface area is 173 Å². The predicted molar refractivity (Wildman–Crippen MR) is 112 cm³/mol. The molecule has 1 saturated heterocycles. The predicted octanol–water partition coefficient (Wildman–Crippen LogP) is 2.76. The molecule has 0 aliphatic carbocycles.